The fraction of sp³-hybridized carbons (Fsp3) is 0.273. The van der Waals surface area contributed by atoms with Gasteiger partial charge in [-0.2, -0.15) is 0 Å². The predicted molar refractivity (Wildman–Crippen MR) is 116 cm³/mol. The summed E-state index contributed by atoms with van der Waals surface area (Å²) in [7, 11) is 2.04. The Balaban J connectivity index is 1.83. The van der Waals surface area contributed by atoms with E-state index < -0.39 is 0 Å². The first-order chi connectivity index (χ1) is 13.9. The largest absolute Gasteiger partial charge is 0.364 e. The minimum atomic E-state index is -0.364. The highest BCUT2D eigenvalue weighted by Crippen LogP contribution is 2.38. The minimum Gasteiger partial charge on any atom is -0.364 e. The van der Waals surface area contributed by atoms with Crippen molar-refractivity contribution in [1.29, 1.82) is 0 Å². The van der Waals surface area contributed by atoms with Crippen LogP contribution in [0.25, 0.3) is 5.57 Å². The van der Waals surface area contributed by atoms with Gasteiger partial charge in [-0.15, -0.1) is 0 Å². The average molecular weight is 430 g/mol. The summed E-state index contributed by atoms with van der Waals surface area (Å²) in [5, 5.41) is 0.832. The Bertz CT molecular complexity index is 1010. The first kappa shape index (κ1) is 20.0. The smallest absolute Gasteiger partial charge is 0.282 e. The van der Waals surface area contributed by atoms with Gasteiger partial charge in [-0.1, -0.05) is 47.0 Å². The molecule has 4 rings (SSSR count). The summed E-state index contributed by atoms with van der Waals surface area (Å²) in [5.74, 6) is -0.679. The van der Waals surface area contributed by atoms with Crippen LogP contribution in [0.3, 0.4) is 0 Å². The Morgan fingerprint density at radius 3 is 2.14 bits per heavy atom. The third-order valence-electron chi connectivity index (χ3n) is 5.37. The molecule has 0 bridgehead atoms. The van der Waals surface area contributed by atoms with Gasteiger partial charge in [0.15, 0.2) is 0 Å². The number of likely N-dealkylation sites (N-methyl/N-ethyl adjacent to an activating group) is 1. The maximum atomic E-state index is 13.5. The first-order valence-electron chi connectivity index (χ1n) is 9.45. The number of halogens is 2. The van der Waals surface area contributed by atoms with Crippen LogP contribution in [0.15, 0.2) is 48.2 Å². The van der Waals surface area contributed by atoms with Crippen molar-refractivity contribution in [3.05, 3.63) is 69.3 Å². The number of rotatable bonds is 3. The number of hydrogen-bond donors (Lipinski definition) is 0. The van der Waals surface area contributed by atoms with Gasteiger partial charge in [0.1, 0.15) is 5.70 Å². The van der Waals surface area contributed by atoms with Gasteiger partial charge < -0.3 is 9.80 Å². The highest BCUT2D eigenvalue weighted by Gasteiger charge is 2.43. The SMILES string of the molecule is Cc1ccc(N2C(=O)C(c3ccc(Cl)cc3Cl)=C(N3CCN(C)CC3)C2=O)cc1. The zero-order valence-corrected chi connectivity index (χ0v) is 17.8. The van der Waals surface area contributed by atoms with Gasteiger partial charge in [-0.25, -0.2) is 4.90 Å². The Labute approximate surface area is 180 Å². The molecule has 2 heterocycles. The van der Waals surface area contributed by atoms with E-state index in [4.69, 9.17) is 23.2 Å². The molecule has 5 nitrogen and oxygen atoms in total. The molecule has 150 valence electrons. The van der Waals surface area contributed by atoms with Gasteiger partial charge in [0, 0.05) is 36.8 Å². The van der Waals surface area contributed by atoms with E-state index in [1.165, 1.54) is 4.90 Å². The van der Waals surface area contributed by atoms with Crippen LogP contribution in [0.1, 0.15) is 11.1 Å². The van der Waals surface area contributed by atoms with Crippen LogP contribution in [0.4, 0.5) is 5.69 Å². The quantitative estimate of drug-likeness (QED) is 0.695. The van der Waals surface area contributed by atoms with Crippen LogP contribution in [0, 0.1) is 6.92 Å². The van der Waals surface area contributed by atoms with E-state index in [1.807, 2.05) is 31.0 Å². The van der Waals surface area contributed by atoms with E-state index in [-0.39, 0.29) is 11.8 Å². The first-order valence-corrected chi connectivity index (χ1v) is 10.2. The van der Waals surface area contributed by atoms with Crippen molar-refractivity contribution in [2.75, 3.05) is 38.1 Å². The van der Waals surface area contributed by atoms with E-state index >= 15 is 0 Å². The summed E-state index contributed by atoms with van der Waals surface area (Å²) in [4.78, 5) is 32.4. The number of anilines is 1. The van der Waals surface area contributed by atoms with Gasteiger partial charge in [0.05, 0.1) is 16.3 Å². The number of imide groups is 1. The molecule has 2 aromatic rings. The van der Waals surface area contributed by atoms with Crippen LogP contribution < -0.4 is 4.90 Å². The van der Waals surface area contributed by atoms with E-state index in [0.29, 0.717) is 45.7 Å². The van der Waals surface area contributed by atoms with Crippen molar-refractivity contribution in [1.82, 2.24) is 9.80 Å². The molecule has 0 unspecified atom stereocenters. The summed E-state index contributed by atoms with van der Waals surface area (Å²) >= 11 is 12.5. The fourth-order valence-corrected chi connectivity index (χ4v) is 4.21. The number of carbonyl (C=O) groups excluding carboxylic acids is 2. The molecule has 29 heavy (non-hydrogen) atoms. The Kier molecular flexibility index (Phi) is 5.38. The van der Waals surface area contributed by atoms with E-state index in [0.717, 1.165) is 18.7 Å². The van der Waals surface area contributed by atoms with E-state index in [1.54, 1.807) is 30.3 Å². The lowest BCUT2D eigenvalue weighted by Gasteiger charge is -2.34. The monoisotopic (exact) mass is 429 g/mol. The standard InChI is InChI=1S/C22H21Cl2N3O2/c1-14-3-6-16(7-4-14)27-21(28)19(17-8-5-15(23)13-18(17)24)20(22(27)29)26-11-9-25(2)10-12-26/h3-8,13H,9-12H2,1-2H3. The Hall–Kier alpha value is -2.34. The summed E-state index contributed by atoms with van der Waals surface area (Å²) in [6, 6.07) is 12.3. The molecule has 0 aromatic heterocycles. The van der Waals surface area contributed by atoms with Crippen LogP contribution in [-0.2, 0) is 9.59 Å². The van der Waals surface area contributed by atoms with E-state index in [9.17, 15) is 9.59 Å². The molecule has 2 aliphatic rings. The number of benzene rings is 2. The predicted octanol–water partition coefficient (Wildman–Crippen LogP) is 3.83. The maximum absolute atomic E-state index is 13.5. The lowest BCUT2D eigenvalue weighted by atomic mass is 10.0. The van der Waals surface area contributed by atoms with E-state index in [2.05, 4.69) is 4.90 Å². The van der Waals surface area contributed by atoms with Gasteiger partial charge in [0.2, 0.25) is 0 Å². The highest BCUT2D eigenvalue weighted by atomic mass is 35.5. The van der Waals surface area contributed by atoms with Crippen LogP contribution >= 0.6 is 23.2 Å². The molecule has 7 heteroatoms. The van der Waals surface area contributed by atoms with Crippen LogP contribution in [0.2, 0.25) is 10.0 Å². The molecule has 2 amide bonds. The number of aryl methyl sites for hydroxylation is 1. The summed E-state index contributed by atoms with van der Waals surface area (Å²) in [6.07, 6.45) is 0. The molecule has 0 saturated carbocycles. The summed E-state index contributed by atoms with van der Waals surface area (Å²) in [6.45, 7) is 4.93. The zero-order valence-electron chi connectivity index (χ0n) is 16.3. The van der Waals surface area contributed by atoms with Crippen molar-refractivity contribution in [2.45, 2.75) is 6.92 Å². The maximum Gasteiger partial charge on any atom is 0.282 e. The van der Waals surface area contributed by atoms with Gasteiger partial charge in [-0.3, -0.25) is 9.59 Å². The number of piperazine rings is 1. The minimum absolute atomic E-state index is 0.315. The van der Waals surface area contributed by atoms with Crippen molar-refractivity contribution in [2.24, 2.45) is 0 Å². The van der Waals surface area contributed by atoms with Crippen molar-refractivity contribution < 1.29 is 9.59 Å². The third kappa shape index (κ3) is 3.66. The number of hydrogen-bond acceptors (Lipinski definition) is 4. The van der Waals surface area contributed by atoms with Gasteiger partial charge in [0.25, 0.3) is 11.8 Å². The van der Waals surface area contributed by atoms with Gasteiger partial charge >= 0.3 is 0 Å². The molecule has 0 N–H and O–H groups in total. The van der Waals surface area contributed by atoms with Gasteiger partial charge in [-0.05, 0) is 38.2 Å². The van der Waals surface area contributed by atoms with Crippen molar-refractivity contribution in [3.63, 3.8) is 0 Å². The Morgan fingerprint density at radius 2 is 1.52 bits per heavy atom. The molecule has 0 spiro atoms. The second-order valence-electron chi connectivity index (χ2n) is 7.42. The Morgan fingerprint density at radius 1 is 0.862 bits per heavy atom. The highest BCUT2D eigenvalue weighted by molar-refractivity contribution is 6.47. The molecule has 2 aromatic carbocycles. The summed E-state index contributed by atoms with van der Waals surface area (Å²) < 4.78 is 0. The second-order valence-corrected chi connectivity index (χ2v) is 8.26. The molecule has 1 saturated heterocycles. The molecule has 1 fully saturated rings. The molecular weight excluding hydrogens is 409 g/mol. The topological polar surface area (TPSA) is 43.9 Å². The normalized spacial score (nSPS) is 18.2. The summed E-state index contributed by atoms with van der Waals surface area (Å²) in [5.41, 5.74) is 2.88. The molecule has 0 aliphatic carbocycles. The lowest BCUT2D eigenvalue weighted by molar-refractivity contribution is -0.120. The number of nitrogens with zero attached hydrogens (tertiary/aromatic N) is 3. The number of carbonyl (C=O) groups is 2. The average Bonchev–Trinajstić information content (AvgIpc) is 2.94. The molecule has 0 atom stereocenters. The second kappa shape index (κ2) is 7.82. The third-order valence-corrected chi connectivity index (χ3v) is 5.92. The van der Waals surface area contributed by atoms with Crippen molar-refractivity contribution in [3.8, 4) is 0 Å². The molecule has 0 radical (unpaired) electrons. The van der Waals surface area contributed by atoms with Crippen molar-refractivity contribution >= 4 is 46.3 Å². The molecular formula is C22H21Cl2N3O2. The van der Waals surface area contributed by atoms with Crippen LogP contribution in [0.5, 0.6) is 0 Å². The fourth-order valence-electron chi connectivity index (χ4n) is 3.70. The zero-order chi connectivity index (χ0) is 20.7. The van der Waals surface area contributed by atoms with Crippen LogP contribution in [-0.4, -0.2) is 54.8 Å². The number of amides is 2. The molecule has 2 aliphatic heterocycles. The lowest BCUT2D eigenvalue weighted by Crippen LogP contribution is -2.46.